The van der Waals surface area contributed by atoms with Crippen molar-refractivity contribution < 1.29 is 9.90 Å². The Morgan fingerprint density at radius 2 is 1.81 bits per heavy atom. The number of fused-ring (bicyclic) bond motifs is 1. The van der Waals surface area contributed by atoms with Crippen molar-refractivity contribution in [2.75, 3.05) is 6.61 Å². The molecule has 0 atom stereocenters. The van der Waals surface area contributed by atoms with Gasteiger partial charge in [-0.05, 0) is 29.2 Å². The molecule has 1 saturated carbocycles. The predicted molar refractivity (Wildman–Crippen MR) is 84.1 cm³/mol. The van der Waals surface area contributed by atoms with Gasteiger partial charge in [-0.1, -0.05) is 55.3 Å². The lowest BCUT2D eigenvalue weighted by atomic mass is 9.98. The van der Waals surface area contributed by atoms with E-state index in [1.807, 2.05) is 18.2 Å². The topological polar surface area (TPSA) is 49.3 Å². The Bertz CT molecular complexity index is 644. The number of carbonyl (C=O) groups excluding carboxylic acids is 1. The van der Waals surface area contributed by atoms with Gasteiger partial charge in [-0.2, -0.15) is 0 Å². The van der Waals surface area contributed by atoms with E-state index in [2.05, 4.69) is 29.6 Å². The van der Waals surface area contributed by atoms with Gasteiger partial charge in [-0.25, -0.2) is 0 Å². The number of hydrogen-bond acceptors (Lipinski definition) is 2. The van der Waals surface area contributed by atoms with Gasteiger partial charge in [0.05, 0.1) is 18.6 Å². The highest BCUT2D eigenvalue weighted by atomic mass is 16.3. The first-order chi connectivity index (χ1) is 10.2. The number of rotatable bonds is 4. The average molecular weight is 283 g/mol. The maximum atomic E-state index is 12.2. The first kappa shape index (κ1) is 14.1. The van der Waals surface area contributed by atoms with Gasteiger partial charge in [0.2, 0.25) is 5.91 Å². The summed E-state index contributed by atoms with van der Waals surface area (Å²) in [6.45, 7) is 0.0382. The Labute approximate surface area is 125 Å². The zero-order valence-electron chi connectivity index (χ0n) is 12.1. The first-order valence-electron chi connectivity index (χ1n) is 7.60. The molecule has 3 rings (SSSR count). The van der Waals surface area contributed by atoms with Gasteiger partial charge in [0, 0.05) is 0 Å². The molecule has 0 aliphatic heterocycles. The maximum Gasteiger partial charge on any atom is 0.224 e. The molecule has 2 aromatic rings. The van der Waals surface area contributed by atoms with Crippen molar-refractivity contribution in [2.45, 2.75) is 37.6 Å². The molecule has 0 unspecified atom stereocenters. The summed E-state index contributed by atoms with van der Waals surface area (Å²) >= 11 is 0. The van der Waals surface area contributed by atoms with E-state index in [1.165, 1.54) is 5.39 Å². The second-order valence-corrected chi connectivity index (χ2v) is 6.05. The molecular weight excluding hydrogens is 262 g/mol. The Kier molecular flexibility index (Phi) is 3.93. The fourth-order valence-electron chi connectivity index (χ4n) is 3.25. The van der Waals surface area contributed by atoms with E-state index >= 15 is 0 Å². The molecule has 2 aromatic carbocycles. The maximum absolute atomic E-state index is 12.2. The van der Waals surface area contributed by atoms with Crippen molar-refractivity contribution in [3.63, 3.8) is 0 Å². The highest BCUT2D eigenvalue weighted by Gasteiger charge is 2.34. The van der Waals surface area contributed by atoms with Crippen LogP contribution in [0.5, 0.6) is 0 Å². The summed E-state index contributed by atoms with van der Waals surface area (Å²) in [7, 11) is 0. The van der Waals surface area contributed by atoms with Gasteiger partial charge >= 0.3 is 0 Å². The van der Waals surface area contributed by atoms with Crippen LogP contribution in [0, 0.1) is 0 Å². The number of benzene rings is 2. The zero-order valence-corrected chi connectivity index (χ0v) is 12.1. The first-order valence-corrected chi connectivity index (χ1v) is 7.60. The predicted octanol–water partition coefficient (Wildman–Crippen LogP) is 2.80. The van der Waals surface area contributed by atoms with E-state index < -0.39 is 0 Å². The monoisotopic (exact) mass is 283 g/mol. The second kappa shape index (κ2) is 5.86. The van der Waals surface area contributed by atoms with E-state index in [4.69, 9.17) is 0 Å². The normalized spacial score (nSPS) is 17.0. The zero-order chi connectivity index (χ0) is 14.7. The van der Waals surface area contributed by atoms with Crippen molar-refractivity contribution in [1.82, 2.24) is 5.32 Å². The van der Waals surface area contributed by atoms with Crippen LogP contribution >= 0.6 is 0 Å². The SMILES string of the molecule is O=C(Cc1ccc2ccccc2c1)NC1(CO)CCCC1. The van der Waals surface area contributed by atoms with Gasteiger partial charge < -0.3 is 10.4 Å². The van der Waals surface area contributed by atoms with Crippen LogP contribution in [-0.4, -0.2) is 23.2 Å². The molecule has 0 heterocycles. The summed E-state index contributed by atoms with van der Waals surface area (Å²) < 4.78 is 0. The van der Waals surface area contributed by atoms with E-state index in [-0.39, 0.29) is 18.1 Å². The molecular formula is C18H21NO2. The van der Waals surface area contributed by atoms with Crippen molar-refractivity contribution >= 4 is 16.7 Å². The van der Waals surface area contributed by atoms with Crippen molar-refractivity contribution in [2.24, 2.45) is 0 Å². The molecule has 0 aromatic heterocycles. The molecule has 0 spiro atoms. The average Bonchev–Trinajstić information content (AvgIpc) is 2.96. The van der Waals surface area contributed by atoms with Gasteiger partial charge in [-0.15, -0.1) is 0 Å². The number of aliphatic hydroxyl groups is 1. The Hall–Kier alpha value is -1.87. The highest BCUT2D eigenvalue weighted by Crippen LogP contribution is 2.29. The standard InChI is InChI=1S/C18H21NO2/c20-13-18(9-3-4-10-18)19-17(21)12-14-7-8-15-5-1-2-6-16(15)11-14/h1-2,5-8,11,20H,3-4,9-10,12-13H2,(H,19,21). The lowest BCUT2D eigenvalue weighted by Crippen LogP contribution is -2.49. The third-order valence-electron chi connectivity index (χ3n) is 4.45. The molecule has 3 heteroatoms. The molecule has 2 N–H and O–H groups in total. The van der Waals surface area contributed by atoms with Gasteiger partial charge in [-0.3, -0.25) is 4.79 Å². The van der Waals surface area contributed by atoms with Crippen LogP contribution < -0.4 is 5.32 Å². The fraction of sp³-hybridized carbons (Fsp3) is 0.389. The number of nitrogens with one attached hydrogen (secondary N) is 1. The smallest absolute Gasteiger partial charge is 0.224 e. The van der Waals surface area contributed by atoms with Crippen molar-refractivity contribution in [1.29, 1.82) is 0 Å². The Morgan fingerprint density at radius 3 is 2.52 bits per heavy atom. The van der Waals surface area contributed by atoms with Crippen LogP contribution in [0.3, 0.4) is 0 Å². The molecule has 0 saturated heterocycles. The molecule has 1 aliphatic rings. The molecule has 0 radical (unpaired) electrons. The van der Waals surface area contributed by atoms with Gasteiger partial charge in [0.25, 0.3) is 0 Å². The lowest BCUT2D eigenvalue weighted by Gasteiger charge is -2.28. The largest absolute Gasteiger partial charge is 0.394 e. The number of aliphatic hydroxyl groups excluding tert-OH is 1. The van der Waals surface area contributed by atoms with Crippen LogP contribution in [0.2, 0.25) is 0 Å². The Balaban J connectivity index is 1.71. The van der Waals surface area contributed by atoms with E-state index in [9.17, 15) is 9.90 Å². The Morgan fingerprint density at radius 1 is 1.10 bits per heavy atom. The number of amides is 1. The molecule has 1 amide bonds. The van der Waals surface area contributed by atoms with Gasteiger partial charge in [0.1, 0.15) is 0 Å². The molecule has 0 bridgehead atoms. The minimum absolute atomic E-state index is 0.00114. The minimum Gasteiger partial charge on any atom is -0.394 e. The fourth-order valence-corrected chi connectivity index (χ4v) is 3.25. The summed E-state index contributed by atoms with van der Waals surface area (Å²) in [5, 5.41) is 14.9. The number of carbonyl (C=O) groups is 1. The third kappa shape index (κ3) is 3.08. The van der Waals surface area contributed by atoms with E-state index in [1.54, 1.807) is 0 Å². The number of hydrogen-bond donors (Lipinski definition) is 2. The van der Waals surface area contributed by atoms with E-state index in [0.717, 1.165) is 36.6 Å². The molecule has 21 heavy (non-hydrogen) atoms. The summed E-state index contributed by atoms with van der Waals surface area (Å²) in [6.07, 6.45) is 4.29. The summed E-state index contributed by atoms with van der Waals surface area (Å²) in [4.78, 5) is 12.2. The van der Waals surface area contributed by atoms with Crippen LogP contribution in [-0.2, 0) is 11.2 Å². The van der Waals surface area contributed by atoms with E-state index in [0.29, 0.717) is 6.42 Å². The minimum atomic E-state index is -0.381. The summed E-state index contributed by atoms with van der Waals surface area (Å²) in [6, 6.07) is 14.3. The van der Waals surface area contributed by atoms with Crippen LogP contribution in [0.15, 0.2) is 42.5 Å². The van der Waals surface area contributed by atoms with Crippen LogP contribution in [0.1, 0.15) is 31.2 Å². The van der Waals surface area contributed by atoms with Crippen molar-refractivity contribution in [3.8, 4) is 0 Å². The van der Waals surface area contributed by atoms with Crippen LogP contribution in [0.25, 0.3) is 10.8 Å². The third-order valence-corrected chi connectivity index (χ3v) is 4.45. The molecule has 110 valence electrons. The molecule has 3 nitrogen and oxygen atoms in total. The summed E-state index contributed by atoms with van der Waals surface area (Å²) in [5.41, 5.74) is 0.630. The van der Waals surface area contributed by atoms with Gasteiger partial charge in [0.15, 0.2) is 0 Å². The molecule has 1 fully saturated rings. The van der Waals surface area contributed by atoms with Crippen LogP contribution in [0.4, 0.5) is 0 Å². The molecule has 1 aliphatic carbocycles. The quantitative estimate of drug-likeness (QED) is 0.906. The second-order valence-electron chi connectivity index (χ2n) is 6.05. The highest BCUT2D eigenvalue weighted by molar-refractivity contribution is 5.85. The van der Waals surface area contributed by atoms with Crippen molar-refractivity contribution in [3.05, 3.63) is 48.0 Å². The summed E-state index contributed by atoms with van der Waals surface area (Å²) in [5.74, 6) is 0.00114. The lowest BCUT2D eigenvalue weighted by molar-refractivity contribution is -0.122.